The quantitative estimate of drug-likeness (QED) is 0.660. The first kappa shape index (κ1) is 13.5. The van der Waals surface area contributed by atoms with E-state index < -0.39 is 0 Å². The van der Waals surface area contributed by atoms with Gasteiger partial charge >= 0.3 is 5.97 Å². The largest absolute Gasteiger partial charge is 0.459 e. The monoisotopic (exact) mass is 226 g/mol. The second-order valence-corrected chi connectivity index (χ2v) is 5.03. The zero-order chi connectivity index (χ0) is 12.0. The summed E-state index contributed by atoms with van der Waals surface area (Å²) in [5.74, 6) is 0.138. The van der Waals surface area contributed by atoms with Crippen LogP contribution in [0.5, 0.6) is 0 Å². The summed E-state index contributed by atoms with van der Waals surface area (Å²) in [7, 11) is 0. The van der Waals surface area contributed by atoms with Gasteiger partial charge in [0.25, 0.3) is 0 Å². The Morgan fingerprint density at radius 1 is 1.12 bits per heavy atom. The fourth-order valence-corrected chi connectivity index (χ4v) is 2.64. The number of carbonyl (C=O) groups is 1. The minimum Gasteiger partial charge on any atom is -0.459 e. The number of esters is 1. The highest BCUT2D eigenvalue weighted by Gasteiger charge is 2.35. The van der Waals surface area contributed by atoms with Gasteiger partial charge in [0.15, 0.2) is 0 Å². The second kappa shape index (κ2) is 6.27. The molecule has 0 aromatic heterocycles. The predicted molar refractivity (Wildman–Crippen MR) is 66.3 cm³/mol. The van der Waals surface area contributed by atoms with E-state index in [0.717, 1.165) is 32.1 Å². The molecule has 0 heterocycles. The molecule has 0 bridgehead atoms. The van der Waals surface area contributed by atoms with Crippen molar-refractivity contribution < 1.29 is 9.53 Å². The normalized spacial score (nSPS) is 19.8. The number of carbonyl (C=O) groups excluding carboxylic acids is 1. The van der Waals surface area contributed by atoms with E-state index in [2.05, 4.69) is 20.8 Å². The molecule has 1 aliphatic carbocycles. The van der Waals surface area contributed by atoms with Crippen LogP contribution in [-0.2, 0) is 9.53 Å². The highest BCUT2D eigenvalue weighted by atomic mass is 16.6. The average Bonchev–Trinajstić information content (AvgIpc) is 2.32. The van der Waals surface area contributed by atoms with E-state index in [0.29, 0.717) is 0 Å². The summed E-state index contributed by atoms with van der Waals surface area (Å²) in [4.78, 5) is 12.0. The highest BCUT2D eigenvalue weighted by molar-refractivity contribution is 5.72. The topological polar surface area (TPSA) is 26.3 Å². The molecular formula is C14H26O2. The summed E-state index contributed by atoms with van der Waals surface area (Å²) in [5.41, 5.74) is -0.127. The molecule has 0 N–H and O–H groups in total. The summed E-state index contributed by atoms with van der Waals surface area (Å²) in [5, 5.41) is 0. The van der Waals surface area contributed by atoms with Crippen molar-refractivity contribution in [2.45, 2.75) is 77.7 Å². The van der Waals surface area contributed by atoms with Crippen molar-refractivity contribution in [2.24, 2.45) is 5.92 Å². The van der Waals surface area contributed by atoms with Crippen molar-refractivity contribution >= 4 is 5.97 Å². The third kappa shape index (κ3) is 3.23. The van der Waals surface area contributed by atoms with Crippen molar-refractivity contribution in [3.8, 4) is 0 Å². The molecule has 1 aliphatic rings. The molecule has 2 nitrogen and oxygen atoms in total. The Morgan fingerprint density at radius 3 is 2.12 bits per heavy atom. The van der Waals surface area contributed by atoms with E-state index in [1.807, 2.05) is 0 Å². The van der Waals surface area contributed by atoms with Crippen LogP contribution in [0.4, 0.5) is 0 Å². The molecule has 1 rings (SSSR count). The minimum absolute atomic E-state index is 0.0359. The maximum atomic E-state index is 12.0. The molecule has 0 spiro atoms. The van der Waals surface area contributed by atoms with Crippen molar-refractivity contribution in [1.82, 2.24) is 0 Å². The van der Waals surface area contributed by atoms with Crippen molar-refractivity contribution in [1.29, 1.82) is 0 Å². The van der Waals surface area contributed by atoms with Crippen LogP contribution in [0, 0.1) is 5.92 Å². The van der Waals surface area contributed by atoms with Crippen molar-refractivity contribution in [2.75, 3.05) is 0 Å². The molecule has 0 aromatic carbocycles. The van der Waals surface area contributed by atoms with Gasteiger partial charge in [-0.15, -0.1) is 0 Å². The van der Waals surface area contributed by atoms with Crippen LogP contribution < -0.4 is 0 Å². The SMILES string of the molecule is CCC(CC)C(=O)OC1(CC)CCCCC1. The Balaban J connectivity index is 2.57. The number of rotatable bonds is 5. The van der Waals surface area contributed by atoms with E-state index in [4.69, 9.17) is 4.74 Å². The maximum Gasteiger partial charge on any atom is 0.309 e. The van der Waals surface area contributed by atoms with Gasteiger partial charge in [0.1, 0.15) is 5.60 Å². The molecule has 0 atom stereocenters. The first-order valence-electron chi connectivity index (χ1n) is 6.90. The zero-order valence-electron chi connectivity index (χ0n) is 11.1. The molecule has 1 saturated carbocycles. The Hall–Kier alpha value is -0.530. The fraction of sp³-hybridized carbons (Fsp3) is 0.929. The van der Waals surface area contributed by atoms with Gasteiger partial charge in [0.2, 0.25) is 0 Å². The molecule has 0 saturated heterocycles. The van der Waals surface area contributed by atoms with Gasteiger partial charge in [-0.25, -0.2) is 0 Å². The smallest absolute Gasteiger partial charge is 0.309 e. The van der Waals surface area contributed by atoms with Crippen LogP contribution in [0.25, 0.3) is 0 Å². The third-order valence-corrected chi connectivity index (χ3v) is 4.05. The van der Waals surface area contributed by atoms with Gasteiger partial charge in [-0.1, -0.05) is 27.2 Å². The highest BCUT2D eigenvalue weighted by Crippen LogP contribution is 2.35. The van der Waals surface area contributed by atoms with Gasteiger partial charge in [0.05, 0.1) is 5.92 Å². The van der Waals surface area contributed by atoms with Crippen LogP contribution in [0.1, 0.15) is 72.1 Å². The van der Waals surface area contributed by atoms with E-state index in [9.17, 15) is 4.79 Å². The van der Waals surface area contributed by atoms with Gasteiger partial charge in [-0.05, 0) is 44.9 Å². The molecule has 2 heteroatoms. The molecular weight excluding hydrogens is 200 g/mol. The van der Waals surface area contributed by atoms with Crippen LogP contribution >= 0.6 is 0 Å². The predicted octanol–water partition coefficient (Wildman–Crippen LogP) is 4.08. The van der Waals surface area contributed by atoms with E-state index in [1.54, 1.807) is 0 Å². The fourth-order valence-electron chi connectivity index (χ4n) is 2.64. The van der Waals surface area contributed by atoms with E-state index in [-0.39, 0.29) is 17.5 Å². The molecule has 0 radical (unpaired) electrons. The summed E-state index contributed by atoms with van der Waals surface area (Å²) >= 11 is 0. The number of hydrogen-bond donors (Lipinski definition) is 0. The van der Waals surface area contributed by atoms with E-state index in [1.165, 1.54) is 19.3 Å². The first-order valence-corrected chi connectivity index (χ1v) is 6.90. The van der Waals surface area contributed by atoms with Gasteiger partial charge in [-0.2, -0.15) is 0 Å². The first-order chi connectivity index (χ1) is 7.67. The average molecular weight is 226 g/mol. The summed E-state index contributed by atoms with van der Waals surface area (Å²) in [6.07, 6.45) is 8.62. The van der Waals surface area contributed by atoms with Crippen LogP contribution in [0.15, 0.2) is 0 Å². The molecule has 16 heavy (non-hydrogen) atoms. The Kier molecular flexibility index (Phi) is 5.30. The third-order valence-electron chi connectivity index (χ3n) is 4.05. The Bertz CT molecular complexity index is 213. The molecule has 0 unspecified atom stereocenters. The van der Waals surface area contributed by atoms with E-state index >= 15 is 0 Å². The zero-order valence-corrected chi connectivity index (χ0v) is 11.1. The molecule has 1 fully saturated rings. The summed E-state index contributed by atoms with van der Waals surface area (Å²) in [6, 6.07) is 0. The Morgan fingerprint density at radius 2 is 1.69 bits per heavy atom. The molecule has 0 aliphatic heterocycles. The minimum atomic E-state index is -0.127. The van der Waals surface area contributed by atoms with Gasteiger partial charge in [-0.3, -0.25) is 4.79 Å². The summed E-state index contributed by atoms with van der Waals surface area (Å²) < 4.78 is 5.83. The lowest BCUT2D eigenvalue weighted by atomic mass is 9.82. The lowest BCUT2D eigenvalue weighted by molar-refractivity contribution is -0.169. The second-order valence-electron chi connectivity index (χ2n) is 5.03. The van der Waals surface area contributed by atoms with Gasteiger partial charge < -0.3 is 4.74 Å². The maximum absolute atomic E-state index is 12.0. The van der Waals surface area contributed by atoms with Crippen molar-refractivity contribution in [3.63, 3.8) is 0 Å². The standard InChI is InChI=1S/C14H26O2/c1-4-12(5-2)13(15)16-14(6-3)10-8-7-9-11-14/h12H,4-11H2,1-3H3. The lowest BCUT2D eigenvalue weighted by Gasteiger charge is -2.37. The lowest BCUT2D eigenvalue weighted by Crippen LogP contribution is -2.38. The number of hydrogen-bond acceptors (Lipinski definition) is 2. The molecule has 94 valence electrons. The molecule has 0 aromatic rings. The summed E-state index contributed by atoms with van der Waals surface area (Å²) in [6.45, 7) is 6.27. The Labute approximate surface area is 99.8 Å². The van der Waals surface area contributed by atoms with Gasteiger partial charge in [0, 0.05) is 0 Å². The van der Waals surface area contributed by atoms with Crippen LogP contribution in [0.2, 0.25) is 0 Å². The van der Waals surface area contributed by atoms with Crippen molar-refractivity contribution in [3.05, 3.63) is 0 Å². The van der Waals surface area contributed by atoms with Crippen LogP contribution in [0.3, 0.4) is 0 Å². The van der Waals surface area contributed by atoms with Crippen LogP contribution in [-0.4, -0.2) is 11.6 Å². The molecule has 0 amide bonds. The number of ether oxygens (including phenoxy) is 1.